The summed E-state index contributed by atoms with van der Waals surface area (Å²) in [6.07, 6.45) is -2.31. The van der Waals surface area contributed by atoms with E-state index in [4.69, 9.17) is 9.47 Å². The van der Waals surface area contributed by atoms with E-state index in [-0.39, 0.29) is 18.5 Å². The first kappa shape index (κ1) is 24.3. The molecule has 7 rings (SSSR count). The number of rotatable bonds is 4. The van der Waals surface area contributed by atoms with E-state index in [2.05, 4.69) is 4.98 Å². The number of carboxylic acids is 1. The Labute approximate surface area is 207 Å². The number of carboxylic acid groups (broad SMARTS) is 1. The highest BCUT2D eigenvalue weighted by Gasteiger charge is 3.07. The molecule has 6 bridgehead atoms. The largest absolute Gasteiger partial charge is 0.481 e. The molecule has 2 aliphatic heterocycles. The van der Waals surface area contributed by atoms with Gasteiger partial charge in [0.05, 0.1) is 17.4 Å². The lowest BCUT2D eigenvalue weighted by Gasteiger charge is -2.59. The summed E-state index contributed by atoms with van der Waals surface area (Å²) < 4.78 is 12.0. The predicted octanol–water partition coefficient (Wildman–Crippen LogP) is -0.238. The van der Waals surface area contributed by atoms with Gasteiger partial charge < -0.3 is 45.1 Å². The van der Waals surface area contributed by atoms with Gasteiger partial charge in [-0.05, 0) is 43.7 Å². The first-order valence-corrected chi connectivity index (χ1v) is 12.4. The lowest BCUT2D eigenvalue weighted by molar-refractivity contribution is -0.383. The minimum absolute atomic E-state index is 0.0412. The number of hydrogen-bond acceptors (Lipinski definition) is 9. The number of esters is 1. The van der Waals surface area contributed by atoms with Crippen LogP contribution in [0.2, 0.25) is 0 Å². The molecule has 4 saturated carbocycles. The first-order valence-electron chi connectivity index (χ1n) is 12.4. The van der Waals surface area contributed by atoms with Gasteiger partial charge in [-0.15, -0.1) is 0 Å². The number of aliphatic carboxylic acids is 1. The van der Waals surface area contributed by atoms with Crippen LogP contribution in [0.25, 0.3) is 0 Å². The van der Waals surface area contributed by atoms with Gasteiger partial charge in [0.25, 0.3) is 0 Å². The van der Waals surface area contributed by atoms with Gasteiger partial charge in [0.15, 0.2) is 11.4 Å². The zero-order valence-electron chi connectivity index (χ0n) is 20.6. The highest BCUT2D eigenvalue weighted by molar-refractivity contribution is 5.88. The molecule has 0 aromatic carbocycles. The minimum atomic E-state index is -2.48. The number of H-pyrrole nitrogens is 1. The van der Waals surface area contributed by atoms with Crippen molar-refractivity contribution in [2.45, 2.75) is 87.4 Å². The summed E-state index contributed by atoms with van der Waals surface area (Å²) in [6, 6.07) is 3.01. The van der Waals surface area contributed by atoms with Crippen LogP contribution in [0.4, 0.5) is 0 Å². The van der Waals surface area contributed by atoms with Crippen molar-refractivity contribution in [2.24, 2.45) is 28.6 Å². The van der Waals surface area contributed by atoms with Crippen molar-refractivity contribution in [1.29, 1.82) is 0 Å². The molecule has 0 unspecified atom stereocenters. The van der Waals surface area contributed by atoms with Crippen molar-refractivity contribution in [3.63, 3.8) is 0 Å². The van der Waals surface area contributed by atoms with Crippen LogP contribution in [0, 0.1) is 28.6 Å². The number of hydrogen-bond donors (Lipinski definition) is 7. The van der Waals surface area contributed by atoms with Gasteiger partial charge in [-0.1, -0.05) is 20.8 Å². The predicted molar refractivity (Wildman–Crippen MR) is 119 cm³/mol. The average Bonchev–Trinajstić information content (AvgIpc) is 3.43. The fourth-order valence-electron chi connectivity index (χ4n) is 9.50. The van der Waals surface area contributed by atoms with Crippen LogP contribution in [-0.2, 0) is 14.3 Å². The summed E-state index contributed by atoms with van der Waals surface area (Å²) in [7, 11) is 0. The number of aromatic amines is 1. The molecule has 1 aromatic heterocycles. The van der Waals surface area contributed by atoms with Crippen LogP contribution < -0.4 is 0 Å². The molecular weight excluding hydrogens is 474 g/mol. The maximum atomic E-state index is 13.2. The second-order valence-electron chi connectivity index (χ2n) is 12.2. The number of carbonyl (C=O) groups excluding carboxylic acids is 1. The Kier molecular flexibility index (Phi) is 4.28. The zero-order chi connectivity index (χ0) is 26.5. The maximum absolute atomic E-state index is 13.2. The monoisotopic (exact) mass is 507 g/mol. The maximum Gasteiger partial charge on any atom is 0.355 e. The van der Waals surface area contributed by atoms with E-state index in [9.17, 15) is 40.2 Å². The number of nitrogens with one attached hydrogen (secondary N) is 1. The van der Waals surface area contributed by atoms with Crippen LogP contribution in [0.1, 0.15) is 57.4 Å². The molecule has 1 aromatic rings. The van der Waals surface area contributed by atoms with Crippen LogP contribution in [-0.4, -0.2) is 88.0 Å². The van der Waals surface area contributed by atoms with Crippen molar-refractivity contribution in [3.05, 3.63) is 24.0 Å². The molecule has 7 N–H and O–H groups in total. The van der Waals surface area contributed by atoms with Crippen molar-refractivity contribution in [2.75, 3.05) is 0 Å². The molecular formula is C25H33NO10. The smallest absolute Gasteiger partial charge is 0.355 e. The molecule has 6 aliphatic rings. The molecule has 2 saturated heterocycles. The molecule has 0 amide bonds. The Morgan fingerprint density at radius 3 is 2.44 bits per heavy atom. The van der Waals surface area contributed by atoms with Crippen LogP contribution in [0.15, 0.2) is 18.3 Å². The summed E-state index contributed by atoms with van der Waals surface area (Å²) in [5, 5.41) is 71.8. The molecule has 198 valence electrons. The van der Waals surface area contributed by atoms with Crippen molar-refractivity contribution >= 4 is 11.9 Å². The SMILES string of the molecule is CC(C)[C@@]1(O)[C@@H](OC(=O)c2ccc[nH]2)[C@@H]2[C@@]3(O)[C@]45O[C@](O)(C[C@@]2(C(=O)O)[C@@]4(O)CC[C@H](C)[C@H]5O)[C@]31C. The van der Waals surface area contributed by atoms with Gasteiger partial charge in [-0.2, -0.15) is 0 Å². The summed E-state index contributed by atoms with van der Waals surface area (Å²) in [6.45, 7) is 6.28. The van der Waals surface area contributed by atoms with Gasteiger partial charge in [-0.25, -0.2) is 4.79 Å². The normalized spacial score (nSPS) is 56.3. The molecule has 11 atom stereocenters. The van der Waals surface area contributed by atoms with E-state index in [0.29, 0.717) is 0 Å². The van der Waals surface area contributed by atoms with Gasteiger partial charge >= 0.3 is 11.9 Å². The lowest BCUT2D eigenvalue weighted by Crippen LogP contribution is -2.76. The Morgan fingerprint density at radius 2 is 1.89 bits per heavy atom. The quantitative estimate of drug-likeness (QED) is 0.268. The fraction of sp³-hybridized carbons (Fsp3) is 0.760. The zero-order valence-corrected chi connectivity index (χ0v) is 20.6. The van der Waals surface area contributed by atoms with Gasteiger partial charge in [0.1, 0.15) is 34.0 Å². The minimum Gasteiger partial charge on any atom is -0.481 e. The van der Waals surface area contributed by atoms with E-state index in [1.54, 1.807) is 26.8 Å². The van der Waals surface area contributed by atoms with Gasteiger partial charge in [0.2, 0.25) is 0 Å². The van der Waals surface area contributed by atoms with Gasteiger partial charge in [-0.3, -0.25) is 4.79 Å². The highest BCUT2D eigenvalue weighted by atomic mass is 16.7. The third kappa shape index (κ3) is 1.85. The van der Waals surface area contributed by atoms with E-state index in [0.717, 1.165) is 0 Å². The number of aliphatic hydroxyl groups is 5. The van der Waals surface area contributed by atoms with Crippen molar-refractivity contribution in [1.82, 2.24) is 4.98 Å². The third-order valence-electron chi connectivity index (χ3n) is 11.1. The molecule has 11 heteroatoms. The Morgan fingerprint density at radius 1 is 1.22 bits per heavy atom. The molecule has 6 fully saturated rings. The second kappa shape index (κ2) is 6.33. The van der Waals surface area contributed by atoms with Gasteiger partial charge in [0, 0.05) is 12.6 Å². The number of aliphatic hydroxyl groups excluding tert-OH is 1. The van der Waals surface area contributed by atoms with Crippen molar-refractivity contribution in [3.8, 4) is 0 Å². The number of ether oxygens (including phenoxy) is 2. The molecule has 1 spiro atoms. The van der Waals surface area contributed by atoms with Crippen LogP contribution >= 0.6 is 0 Å². The average molecular weight is 508 g/mol. The fourth-order valence-corrected chi connectivity index (χ4v) is 9.50. The van der Waals surface area contributed by atoms with E-state index in [1.165, 1.54) is 19.2 Å². The third-order valence-corrected chi connectivity index (χ3v) is 11.1. The molecule has 11 nitrogen and oxygen atoms in total. The Balaban J connectivity index is 1.69. The molecule has 36 heavy (non-hydrogen) atoms. The summed E-state index contributed by atoms with van der Waals surface area (Å²) >= 11 is 0. The highest BCUT2D eigenvalue weighted by Crippen LogP contribution is 2.89. The van der Waals surface area contributed by atoms with E-state index in [1.807, 2.05) is 0 Å². The topological polar surface area (TPSA) is 190 Å². The Hall–Kier alpha value is -2.02. The van der Waals surface area contributed by atoms with Crippen molar-refractivity contribution < 1.29 is 49.7 Å². The number of aromatic nitrogens is 1. The Bertz CT molecular complexity index is 1170. The van der Waals surface area contributed by atoms with E-state index >= 15 is 0 Å². The number of carbonyl (C=O) groups is 2. The summed E-state index contributed by atoms with van der Waals surface area (Å²) in [4.78, 5) is 29.1. The first-order chi connectivity index (χ1) is 16.6. The van der Waals surface area contributed by atoms with Crippen LogP contribution in [0.5, 0.6) is 0 Å². The standard InChI is InChI=1S/C25H33NO10/c1-11(2)23(33)16(35-17(28)13-6-5-9-26-13)14-20(18(29)30)10-22(32)19(23,4)24(14,34)25(36-22)15(27)12(3)7-8-21(20,25)31/h5-6,9,11-12,14-16,26-27,31-34H,7-8,10H2,1-4H3,(H,29,30)/t12-,14-,15+,16-,19-,20+,21-,22+,23+,24-,25+/m0/s1. The second-order valence-corrected chi connectivity index (χ2v) is 12.2. The molecule has 0 radical (unpaired) electrons. The van der Waals surface area contributed by atoms with E-state index < -0.39 is 87.3 Å². The molecule has 4 aliphatic carbocycles. The summed E-state index contributed by atoms with van der Waals surface area (Å²) in [5.74, 6) is -7.81. The molecule has 3 heterocycles. The lowest BCUT2D eigenvalue weighted by atomic mass is 9.53. The van der Waals surface area contributed by atoms with Crippen LogP contribution in [0.3, 0.4) is 0 Å². The summed E-state index contributed by atoms with van der Waals surface area (Å²) in [5.41, 5.74) is -13.7.